The van der Waals surface area contributed by atoms with Crippen LogP contribution < -0.4 is 15.4 Å². The number of halogens is 2. The fourth-order valence-corrected chi connectivity index (χ4v) is 2.53. The maximum absolute atomic E-state index is 13.7. The maximum Gasteiger partial charge on any atom is 0.319 e. The molecule has 0 heterocycles. The van der Waals surface area contributed by atoms with Crippen molar-refractivity contribution in [3.05, 3.63) is 90.0 Å². The van der Waals surface area contributed by atoms with Gasteiger partial charge in [-0.15, -0.1) is 0 Å². The van der Waals surface area contributed by atoms with E-state index < -0.39 is 23.8 Å². The van der Waals surface area contributed by atoms with Gasteiger partial charge in [-0.1, -0.05) is 36.4 Å². The van der Waals surface area contributed by atoms with Gasteiger partial charge in [0.15, 0.2) is 5.75 Å². The second-order valence-corrected chi connectivity index (χ2v) is 5.93. The van der Waals surface area contributed by atoms with Gasteiger partial charge in [0.05, 0.1) is 11.8 Å². The number of hydrogen-bond acceptors (Lipinski definition) is 3. The molecule has 0 radical (unpaired) electrons. The standard InChI is InChI=1S/C21H18F2N2O3/c22-14-6-5-7-15(12-14)28-20-11-4-3-10-18(20)25-21(27)24-13-19(26)16-8-1-2-9-17(16)23/h1-12,19,26H,13H2,(H2,24,25,27). The number of carbonyl (C=O) groups excluding carboxylic acids is 1. The van der Waals surface area contributed by atoms with Gasteiger partial charge in [0.25, 0.3) is 0 Å². The number of para-hydroxylation sites is 2. The molecule has 0 saturated carbocycles. The summed E-state index contributed by atoms with van der Waals surface area (Å²) < 4.78 is 32.6. The van der Waals surface area contributed by atoms with Crippen LogP contribution in [0.25, 0.3) is 0 Å². The molecule has 28 heavy (non-hydrogen) atoms. The number of benzene rings is 3. The van der Waals surface area contributed by atoms with Crippen molar-refractivity contribution in [1.82, 2.24) is 5.32 Å². The van der Waals surface area contributed by atoms with Gasteiger partial charge in [-0.25, -0.2) is 13.6 Å². The minimum atomic E-state index is -1.19. The van der Waals surface area contributed by atoms with E-state index in [-0.39, 0.29) is 17.9 Å². The zero-order chi connectivity index (χ0) is 19.9. The van der Waals surface area contributed by atoms with Crippen LogP contribution in [0.4, 0.5) is 19.3 Å². The Morgan fingerprint density at radius 3 is 2.54 bits per heavy atom. The van der Waals surface area contributed by atoms with E-state index in [9.17, 15) is 18.7 Å². The number of aliphatic hydroxyl groups is 1. The summed E-state index contributed by atoms with van der Waals surface area (Å²) in [7, 11) is 0. The maximum atomic E-state index is 13.7. The van der Waals surface area contributed by atoms with E-state index >= 15 is 0 Å². The fraction of sp³-hybridized carbons (Fsp3) is 0.0952. The van der Waals surface area contributed by atoms with Crippen molar-refractivity contribution in [2.45, 2.75) is 6.10 Å². The average Bonchev–Trinajstić information content (AvgIpc) is 2.68. The molecule has 2 amide bonds. The third-order valence-electron chi connectivity index (χ3n) is 3.88. The molecule has 144 valence electrons. The van der Waals surface area contributed by atoms with Crippen LogP contribution in [0.2, 0.25) is 0 Å². The largest absolute Gasteiger partial charge is 0.455 e. The highest BCUT2D eigenvalue weighted by Crippen LogP contribution is 2.29. The van der Waals surface area contributed by atoms with Crippen LogP contribution in [0.1, 0.15) is 11.7 Å². The number of rotatable bonds is 6. The number of aliphatic hydroxyl groups excluding tert-OH is 1. The third kappa shape index (κ3) is 5.05. The van der Waals surface area contributed by atoms with Gasteiger partial charge >= 0.3 is 6.03 Å². The zero-order valence-corrected chi connectivity index (χ0v) is 14.7. The van der Waals surface area contributed by atoms with E-state index in [1.54, 1.807) is 36.4 Å². The average molecular weight is 384 g/mol. The van der Waals surface area contributed by atoms with Crippen LogP contribution in [0, 0.1) is 11.6 Å². The summed E-state index contributed by atoms with van der Waals surface area (Å²) in [6.07, 6.45) is -1.19. The molecular formula is C21H18F2N2O3. The van der Waals surface area contributed by atoms with Crippen LogP contribution in [0.5, 0.6) is 11.5 Å². The molecule has 1 atom stereocenters. The van der Waals surface area contributed by atoms with Gasteiger partial charge in [0, 0.05) is 18.2 Å². The summed E-state index contributed by atoms with van der Waals surface area (Å²) in [4.78, 5) is 12.1. The predicted octanol–water partition coefficient (Wildman–Crippen LogP) is 4.61. The molecule has 0 spiro atoms. The van der Waals surface area contributed by atoms with Crippen LogP contribution in [0.15, 0.2) is 72.8 Å². The topological polar surface area (TPSA) is 70.6 Å². The molecule has 3 aromatic carbocycles. The summed E-state index contributed by atoms with van der Waals surface area (Å²) in [6.45, 7) is -0.181. The van der Waals surface area contributed by atoms with E-state index in [4.69, 9.17) is 4.74 Å². The Balaban J connectivity index is 1.62. The lowest BCUT2D eigenvalue weighted by Gasteiger charge is -2.15. The highest BCUT2D eigenvalue weighted by molar-refractivity contribution is 5.91. The molecule has 3 rings (SSSR count). The Morgan fingerprint density at radius 2 is 1.75 bits per heavy atom. The second-order valence-electron chi connectivity index (χ2n) is 5.93. The van der Waals surface area contributed by atoms with Gasteiger partial charge in [0.1, 0.15) is 17.4 Å². The Bertz CT molecular complexity index is 966. The molecule has 0 aliphatic rings. The smallest absolute Gasteiger partial charge is 0.319 e. The monoisotopic (exact) mass is 384 g/mol. The Labute approximate surface area is 160 Å². The van der Waals surface area contributed by atoms with Gasteiger partial charge < -0.3 is 20.5 Å². The number of ether oxygens (including phenoxy) is 1. The minimum absolute atomic E-state index is 0.0950. The van der Waals surface area contributed by atoms with Crippen molar-refractivity contribution in [3.63, 3.8) is 0 Å². The van der Waals surface area contributed by atoms with E-state index in [1.165, 1.54) is 36.4 Å². The molecule has 3 aromatic rings. The lowest BCUT2D eigenvalue weighted by atomic mass is 10.1. The van der Waals surface area contributed by atoms with Crippen LogP contribution in [0.3, 0.4) is 0 Å². The van der Waals surface area contributed by atoms with E-state index in [0.717, 1.165) is 0 Å². The Hall–Kier alpha value is -3.45. The number of urea groups is 1. The summed E-state index contributed by atoms with van der Waals surface area (Å²) >= 11 is 0. The minimum Gasteiger partial charge on any atom is -0.455 e. The number of hydrogen-bond donors (Lipinski definition) is 3. The van der Waals surface area contributed by atoms with Crippen LogP contribution in [-0.4, -0.2) is 17.7 Å². The summed E-state index contributed by atoms with van der Waals surface area (Å²) in [5, 5.41) is 15.1. The van der Waals surface area contributed by atoms with Crippen molar-refractivity contribution < 1.29 is 23.4 Å². The molecular weight excluding hydrogens is 366 g/mol. The van der Waals surface area contributed by atoms with E-state index in [1.807, 2.05) is 0 Å². The van der Waals surface area contributed by atoms with Gasteiger partial charge in [0.2, 0.25) is 0 Å². The Kier molecular flexibility index (Phi) is 6.18. The molecule has 0 aromatic heterocycles. The zero-order valence-electron chi connectivity index (χ0n) is 14.7. The van der Waals surface area contributed by atoms with Crippen molar-refractivity contribution in [2.75, 3.05) is 11.9 Å². The van der Waals surface area contributed by atoms with Gasteiger partial charge in [-0.05, 0) is 30.3 Å². The van der Waals surface area contributed by atoms with Gasteiger partial charge in [-0.2, -0.15) is 0 Å². The van der Waals surface area contributed by atoms with Gasteiger partial charge in [-0.3, -0.25) is 0 Å². The number of carbonyl (C=O) groups is 1. The molecule has 1 unspecified atom stereocenters. The summed E-state index contributed by atoms with van der Waals surface area (Å²) in [6, 6.07) is 17.4. The quantitative estimate of drug-likeness (QED) is 0.581. The first kappa shape index (κ1) is 19.3. The SMILES string of the molecule is O=C(NCC(O)c1ccccc1F)Nc1ccccc1Oc1cccc(F)c1. The third-order valence-corrected chi connectivity index (χ3v) is 3.88. The molecule has 3 N–H and O–H groups in total. The second kappa shape index (κ2) is 8.96. The highest BCUT2D eigenvalue weighted by Gasteiger charge is 2.14. The van der Waals surface area contributed by atoms with E-state index in [0.29, 0.717) is 11.4 Å². The number of anilines is 1. The molecule has 0 aliphatic heterocycles. The van der Waals surface area contributed by atoms with E-state index in [2.05, 4.69) is 10.6 Å². The normalized spacial score (nSPS) is 11.5. The highest BCUT2D eigenvalue weighted by atomic mass is 19.1. The molecule has 7 heteroatoms. The van der Waals surface area contributed by atoms with Crippen LogP contribution in [-0.2, 0) is 0 Å². The van der Waals surface area contributed by atoms with Crippen molar-refractivity contribution in [2.24, 2.45) is 0 Å². The molecule has 0 aliphatic carbocycles. The molecule has 0 bridgehead atoms. The fourth-order valence-electron chi connectivity index (χ4n) is 2.53. The molecule has 0 saturated heterocycles. The summed E-state index contributed by atoms with van der Waals surface area (Å²) in [5.74, 6) is -0.392. The number of nitrogens with one attached hydrogen (secondary N) is 2. The first-order chi connectivity index (χ1) is 13.5. The van der Waals surface area contributed by atoms with Crippen molar-refractivity contribution in [1.29, 1.82) is 0 Å². The van der Waals surface area contributed by atoms with Crippen molar-refractivity contribution in [3.8, 4) is 11.5 Å². The first-order valence-electron chi connectivity index (χ1n) is 8.53. The number of amides is 2. The predicted molar refractivity (Wildman–Crippen MR) is 101 cm³/mol. The Morgan fingerprint density at radius 1 is 1.00 bits per heavy atom. The summed E-state index contributed by atoms with van der Waals surface area (Å²) in [5.41, 5.74) is 0.447. The lowest BCUT2D eigenvalue weighted by molar-refractivity contribution is 0.170. The van der Waals surface area contributed by atoms with Crippen molar-refractivity contribution >= 4 is 11.7 Å². The lowest BCUT2D eigenvalue weighted by Crippen LogP contribution is -2.32. The van der Waals surface area contributed by atoms with Crippen LogP contribution >= 0.6 is 0 Å². The first-order valence-corrected chi connectivity index (χ1v) is 8.53. The molecule has 0 fully saturated rings. The molecule has 5 nitrogen and oxygen atoms in total.